The number of carbonyl (C=O) groups excluding carboxylic acids is 1. The van der Waals surface area contributed by atoms with E-state index in [2.05, 4.69) is 0 Å². The van der Waals surface area contributed by atoms with Crippen LogP contribution >= 0.6 is 0 Å². The molecule has 0 aliphatic carbocycles. The van der Waals surface area contributed by atoms with Gasteiger partial charge in [-0.3, -0.25) is 19.1 Å². The van der Waals surface area contributed by atoms with Crippen molar-refractivity contribution in [2.45, 2.75) is 17.9 Å². The number of benzene rings is 3. The van der Waals surface area contributed by atoms with Gasteiger partial charge in [-0.05, 0) is 55.5 Å². The lowest BCUT2D eigenvalue weighted by atomic mass is 10.0. The molecule has 0 aliphatic rings. The van der Waals surface area contributed by atoms with E-state index in [4.69, 9.17) is 8.92 Å². The molecule has 1 N–H and O–H groups in total. The fraction of sp³-hybridized carbons (Fsp3) is 0.174. The molecule has 0 radical (unpaired) electrons. The van der Waals surface area contributed by atoms with Crippen LogP contribution in [0.5, 0.6) is 5.75 Å². The van der Waals surface area contributed by atoms with Gasteiger partial charge in [0.15, 0.2) is 5.78 Å². The molecule has 0 saturated heterocycles. The highest BCUT2D eigenvalue weighted by atomic mass is 32.2. The van der Waals surface area contributed by atoms with Crippen molar-refractivity contribution in [3.05, 3.63) is 99.6 Å². The van der Waals surface area contributed by atoms with Crippen LogP contribution in [-0.2, 0) is 14.3 Å². The number of rotatable bonds is 10. The Morgan fingerprint density at radius 1 is 0.939 bits per heavy atom. The third kappa shape index (κ3) is 6.45. The number of non-ortho nitro benzene ring substituents is 1. The van der Waals surface area contributed by atoms with Crippen LogP contribution < -0.4 is 4.74 Å². The number of ether oxygens (including phenoxy) is 1. The van der Waals surface area contributed by atoms with Gasteiger partial charge in [-0.2, -0.15) is 8.42 Å². The summed E-state index contributed by atoms with van der Waals surface area (Å²) in [6, 6.07) is 17.5. The lowest BCUT2D eigenvalue weighted by Crippen LogP contribution is -2.25. The zero-order valence-corrected chi connectivity index (χ0v) is 18.4. The van der Waals surface area contributed by atoms with Crippen molar-refractivity contribution in [2.24, 2.45) is 0 Å². The molecule has 0 amide bonds. The fourth-order valence-electron chi connectivity index (χ4n) is 2.79. The summed E-state index contributed by atoms with van der Waals surface area (Å²) in [6.07, 6.45) is -1.20. The maximum atomic E-state index is 12.5. The predicted octanol–water partition coefficient (Wildman–Crippen LogP) is 3.28. The molecule has 0 saturated carbocycles. The lowest BCUT2D eigenvalue weighted by Gasteiger charge is -2.13. The van der Waals surface area contributed by atoms with Crippen LogP contribution in [0.15, 0.2) is 77.7 Å². The van der Waals surface area contributed by atoms with E-state index in [0.29, 0.717) is 16.9 Å². The Bertz CT molecular complexity index is 1220. The maximum absolute atomic E-state index is 12.5. The first-order valence-electron chi connectivity index (χ1n) is 9.82. The second-order valence-corrected chi connectivity index (χ2v) is 8.79. The van der Waals surface area contributed by atoms with Crippen molar-refractivity contribution in [1.82, 2.24) is 0 Å². The van der Waals surface area contributed by atoms with Crippen molar-refractivity contribution in [1.29, 1.82) is 0 Å². The van der Waals surface area contributed by atoms with Crippen LogP contribution in [0.25, 0.3) is 0 Å². The van der Waals surface area contributed by atoms with Crippen molar-refractivity contribution in [3.8, 4) is 5.75 Å². The number of ketones is 1. The number of hydrogen-bond acceptors (Lipinski definition) is 8. The van der Waals surface area contributed by atoms with Gasteiger partial charge in [-0.25, -0.2) is 0 Å². The van der Waals surface area contributed by atoms with E-state index < -0.39 is 27.8 Å². The number of hydrogen-bond donors (Lipinski definition) is 1. The number of aliphatic hydroxyl groups excluding tert-OH is 1. The Morgan fingerprint density at radius 2 is 1.48 bits per heavy atom. The monoisotopic (exact) mass is 471 g/mol. The molecule has 0 spiro atoms. The summed E-state index contributed by atoms with van der Waals surface area (Å²) in [5.74, 6) is 0.0434. The Kier molecular flexibility index (Phi) is 7.54. The minimum absolute atomic E-state index is 0.00510. The molecule has 3 aromatic rings. The summed E-state index contributed by atoms with van der Waals surface area (Å²) in [7, 11) is -3.99. The van der Waals surface area contributed by atoms with Gasteiger partial charge in [0, 0.05) is 23.3 Å². The Labute approximate surface area is 190 Å². The number of nitro benzene ring substituents is 1. The average molecular weight is 471 g/mol. The van der Waals surface area contributed by atoms with Gasteiger partial charge < -0.3 is 9.84 Å². The smallest absolute Gasteiger partial charge is 0.297 e. The molecular weight excluding hydrogens is 450 g/mol. The fourth-order valence-corrected chi connectivity index (χ4v) is 3.73. The molecule has 0 fully saturated rings. The van der Waals surface area contributed by atoms with E-state index in [-0.39, 0.29) is 23.0 Å². The molecule has 9 nitrogen and oxygen atoms in total. The zero-order chi connectivity index (χ0) is 24.0. The third-order valence-corrected chi connectivity index (χ3v) is 5.92. The van der Waals surface area contributed by atoms with Crippen LogP contribution in [0.4, 0.5) is 5.69 Å². The van der Waals surface area contributed by atoms with Gasteiger partial charge in [0.2, 0.25) is 0 Å². The predicted molar refractivity (Wildman–Crippen MR) is 119 cm³/mol. The highest BCUT2D eigenvalue weighted by Gasteiger charge is 2.18. The molecule has 3 rings (SSSR count). The molecule has 10 heteroatoms. The number of aryl methyl sites for hydroxylation is 1. The summed E-state index contributed by atoms with van der Waals surface area (Å²) < 4.78 is 34.6. The third-order valence-electron chi connectivity index (χ3n) is 4.62. The molecule has 3 aromatic carbocycles. The molecule has 0 unspecified atom stereocenters. The average Bonchev–Trinajstić information content (AvgIpc) is 2.81. The van der Waals surface area contributed by atoms with Crippen molar-refractivity contribution in [3.63, 3.8) is 0 Å². The Hall–Kier alpha value is -3.60. The second kappa shape index (κ2) is 10.3. The van der Waals surface area contributed by atoms with E-state index in [1.54, 1.807) is 12.1 Å². The first-order valence-corrected chi connectivity index (χ1v) is 11.2. The summed E-state index contributed by atoms with van der Waals surface area (Å²) in [5, 5.41) is 20.7. The van der Waals surface area contributed by atoms with Crippen LogP contribution in [0.3, 0.4) is 0 Å². The molecule has 0 aromatic heterocycles. The molecule has 33 heavy (non-hydrogen) atoms. The zero-order valence-electron chi connectivity index (χ0n) is 17.6. The van der Waals surface area contributed by atoms with Crippen molar-refractivity contribution < 1.29 is 32.2 Å². The number of nitrogens with zero attached hydrogens (tertiary/aromatic N) is 1. The summed E-state index contributed by atoms with van der Waals surface area (Å²) in [4.78, 5) is 22.7. The van der Waals surface area contributed by atoms with E-state index >= 15 is 0 Å². The molecule has 0 aliphatic heterocycles. The van der Waals surface area contributed by atoms with Crippen molar-refractivity contribution >= 4 is 21.6 Å². The second-order valence-electron chi connectivity index (χ2n) is 7.17. The van der Waals surface area contributed by atoms with Gasteiger partial charge in [-0.1, -0.05) is 17.7 Å². The number of aliphatic hydroxyl groups is 1. The summed E-state index contributed by atoms with van der Waals surface area (Å²) in [5.41, 5.74) is 1.45. The van der Waals surface area contributed by atoms with Gasteiger partial charge >= 0.3 is 0 Å². The molecule has 0 heterocycles. The van der Waals surface area contributed by atoms with E-state index in [1.807, 2.05) is 6.92 Å². The largest absolute Gasteiger partial charge is 0.491 e. The normalized spacial score (nSPS) is 12.2. The number of carbonyl (C=O) groups is 1. The Morgan fingerprint density at radius 3 is 2.03 bits per heavy atom. The minimum Gasteiger partial charge on any atom is -0.491 e. The first-order chi connectivity index (χ1) is 15.7. The first kappa shape index (κ1) is 24.1. The highest BCUT2D eigenvalue weighted by Crippen LogP contribution is 2.18. The molecule has 1 atom stereocenters. The maximum Gasteiger partial charge on any atom is 0.297 e. The molecule has 0 bridgehead atoms. The minimum atomic E-state index is -3.99. The van der Waals surface area contributed by atoms with E-state index in [1.165, 1.54) is 60.7 Å². The van der Waals surface area contributed by atoms with Crippen LogP contribution in [0.1, 0.15) is 21.5 Å². The standard InChI is InChI=1S/C23H21NO8S/c1-16-2-12-22(13-3-16)33(29,30)32-15-20(25)14-31-21-10-6-18(7-11-21)23(26)17-4-8-19(9-5-17)24(27)28/h2-13,20,25H,14-15H2,1H3/t20-/m0/s1. The quantitative estimate of drug-likeness (QED) is 0.206. The van der Waals surface area contributed by atoms with Gasteiger partial charge in [0.05, 0.1) is 16.4 Å². The van der Waals surface area contributed by atoms with Crippen LogP contribution in [0.2, 0.25) is 0 Å². The summed E-state index contributed by atoms with van der Waals surface area (Å²) >= 11 is 0. The van der Waals surface area contributed by atoms with Crippen LogP contribution in [0, 0.1) is 17.0 Å². The van der Waals surface area contributed by atoms with Crippen molar-refractivity contribution in [2.75, 3.05) is 13.2 Å². The molecular formula is C23H21NO8S. The highest BCUT2D eigenvalue weighted by molar-refractivity contribution is 7.86. The van der Waals surface area contributed by atoms with E-state index in [0.717, 1.165) is 5.56 Å². The lowest BCUT2D eigenvalue weighted by molar-refractivity contribution is -0.384. The topological polar surface area (TPSA) is 133 Å². The summed E-state index contributed by atoms with van der Waals surface area (Å²) in [6.45, 7) is 1.13. The van der Waals surface area contributed by atoms with E-state index in [9.17, 15) is 28.4 Å². The number of nitro groups is 1. The molecule has 172 valence electrons. The Balaban J connectivity index is 1.52. The van der Waals surface area contributed by atoms with Gasteiger partial charge in [0.25, 0.3) is 15.8 Å². The van der Waals surface area contributed by atoms with Gasteiger partial charge in [-0.15, -0.1) is 0 Å². The SMILES string of the molecule is Cc1ccc(S(=O)(=O)OC[C@@H](O)COc2ccc(C(=O)c3ccc([N+](=O)[O-])cc3)cc2)cc1. The van der Waals surface area contributed by atoms with Gasteiger partial charge in [0.1, 0.15) is 18.5 Å². The van der Waals surface area contributed by atoms with Crippen LogP contribution in [-0.4, -0.2) is 43.5 Å².